The Bertz CT molecular complexity index is 605. The zero-order valence-electron chi connectivity index (χ0n) is 10.4. The van der Waals surface area contributed by atoms with Crippen molar-refractivity contribution in [3.63, 3.8) is 0 Å². The van der Waals surface area contributed by atoms with Gasteiger partial charge in [-0.15, -0.1) is 0 Å². The van der Waals surface area contributed by atoms with Gasteiger partial charge in [-0.1, -0.05) is 26.0 Å². The van der Waals surface area contributed by atoms with Gasteiger partial charge in [0.25, 0.3) is 5.56 Å². The minimum atomic E-state index is -0.343. The molecule has 1 heterocycles. The van der Waals surface area contributed by atoms with E-state index in [1.54, 1.807) is 12.1 Å². The number of H-pyrrole nitrogens is 1. The monoisotopic (exact) mass is 246 g/mol. The average Bonchev–Trinajstić information content (AvgIpc) is 2.27. The third-order valence-electron chi connectivity index (χ3n) is 2.51. The normalized spacial score (nSPS) is 10.9. The molecule has 0 aliphatic carbocycles. The molecule has 1 aromatic heterocycles. The second kappa shape index (κ2) is 5.12. The van der Waals surface area contributed by atoms with Crippen molar-refractivity contribution >= 4 is 0 Å². The van der Waals surface area contributed by atoms with Crippen LogP contribution in [-0.4, -0.2) is 9.97 Å². The van der Waals surface area contributed by atoms with Gasteiger partial charge in [0.15, 0.2) is 0 Å². The molecule has 0 aliphatic heterocycles. The number of aromatic amines is 1. The molecule has 0 aliphatic rings. The fourth-order valence-electron chi connectivity index (χ4n) is 1.80. The second-order valence-corrected chi connectivity index (χ2v) is 4.69. The molecule has 0 unspecified atom stereocenters. The van der Waals surface area contributed by atoms with Gasteiger partial charge in [0.1, 0.15) is 11.6 Å². The number of hydrogen-bond donors (Lipinski definition) is 1. The maximum Gasteiger partial charge on any atom is 0.251 e. The highest BCUT2D eigenvalue weighted by molar-refractivity contribution is 5.54. The first kappa shape index (κ1) is 12.5. The summed E-state index contributed by atoms with van der Waals surface area (Å²) in [6.07, 6.45) is 0.728. The van der Waals surface area contributed by atoms with E-state index < -0.39 is 0 Å². The van der Waals surface area contributed by atoms with E-state index in [0.29, 0.717) is 17.3 Å². The Labute approximate surface area is 105 Å². The predicted molar refractivity (Wildman–Crippen MR) is 68.8 cm³/mol. The third kappa shape index (κ3) is 3.03. The zero-order valence-corrected chi connectivity index (χ0v) is 10.4. The van der Waals surface area contributed by atoms with E-state index in [1.165, 1.54) is 18.2 Å². The first-order valence-electron chi connectivity index (χ1n) is 5.91. The van der Waals surface area contributed by atoms with Crippen LogP contribution in [0.1, 0.15) is 19.5 Å². The van der Waals surface area contributed by atoms with Crippen molar-refractivity contribution in [2.24, 2.45) is 5.92 Å². The largest absolute Gasteiger partial charge is 0.307 e. The van der Waals surface area contributed by atoms with Crippen LogP contribution in [0.15, 0.2) is 35.1 Å². The highest BCUT2D eigenvalue weighted by Crippen LogP contribution is 2.15. The van der Waals surface area contributed by atoms with Crippen molar-refractivity contribution in [1.29, 1.82) is 0 Å². The topological polar surface area (TPSA) is 45.8 Å². The number of halogens is 1. The SMILES string of the molecule is CC(C)Cc1cc(=O)[nH]c(-c2cccc(F)c2)n1. The van der Waals surface area contributed by atoms with E-state index in [9.17, 15) is 9.18 Å². The van der Waals surface area contributed by atoms with Crippen LogP contribution < -0.4 is 5.56 Å². The fourth-order valence-corrected chi connectivity index (χ4v) is 1.80. The first-order chi connectivity index (χ1) is 8.54. The van der Waals surface area contributed by atoms with Crippen molar-refractivity contribution < 1.29 is 4.39 Å². The van der Waals surface area contributed by atoms with Gasteiger partial charge < -0.3 is 4.98 Å². The van der Waals surface area contributed by atoms with Gasteiger partial charge in [-0.2, -0.15) is 0 Å². The molecule has 4 heteroatoms. The third-order valence-corrected chi connectivity index (χ3v) is 2.51. The number of aromatic nitrogens is 2. The van der Waals surface area contributed by atoms with Crippen molar-refractivity contribution in [3.8, 4) is 11.4 Å². The molecule has 0 saturated heterocycles. The Morgan fingerprint density at radius 2 is 2.11 bits per heavy atom. The number of nitrogens with one attached hydrogen (secondary N) is 1. The summed E-state index contributed by atoms with van der Waals surface area (Å²) < 4.78 is 13.1. The number of benzene rings is 1. The van der Waals surface area contributed by atoms with E-state index in [2.05, 4.69) is 23.8 Å². The van der Waals surface area contributed by atoms with Gasteiger partial charge >= 0.3 is 0 Å². The van der Waals surface area contributed by atoms with Gasteiger partial charge in [-0.3, -0.25) is 4.79 Å². The van der Waals surface area contributed by atoms with Crippen LogP contribution in [-0.2, 0) is 6.42 Å². The van der Waals surface area contributed by atoms with Crippen molar-refractivity contribution in [2.45, 2.75) is 20.3 Å². The Hall–Kier alpha value is -1.97. The van der Waals surface area contributed by atoms with Gasteiger partial charge in [0.05, 0.1) is 0 Å². The molecule has 0 bridgehead atoms. The number of hydrogen-bond acceptors (Lipinski definition) is 2. The molecule has 18 heavy (non-hydrogen) atoms. The van der Waals surface area contributed by atoms with Crippen LogP contribution in [0.5, 0.6) is 0 Å². The molecule has 2 rings (SSSR count). The van der Waals surface area contributed by atoms with E-state index >= 15 is 0 Å². The lowest BCUT2D eigenvalue weighted by atomic mass is 10.1. The summed E-state index contributed by atoms with van der Waals surface area (Å²) in [7, 11) is 0. The molecule has 2 aromatic rings. The predicted octanol–water partition coefficient (Wildman–Crippen LogP) is 2.77. The molecule has 3 nitrogen and oxygen atoms in total. The minimum absolute atomic E-state index is 0.208. The zero-order chi connectivity index (χ0) is 13.1. The molecular formula is C14H15FN2O. The lowest BCUT2D eigenvalue weighted by molar-refractivity contribution is 0.627. The van der Waals surface area contributed by atoms with Crippen molar-refractivity contribution in [3.05, 3.63) is 52.2 Å². The molecular weight excluding hydrogens is 231 g/mol. The number of rotatable bonds is 3. The van der Waals surface area contributed by atoms with Crippen LogP contribution in [0.2, 0.25) is 0 Å². The quantitative estimate of drug-likeness (QED) is 0.905. The maximum atomic E-state index is 13.1. The fraction of sp³-hybridized carbons (Fsp3) is 0.286. The van der Waals surface area contributed by atoms with E-state index in [4.69, 9.17) is 0 Å². The Morgan fingerprint density at radius 1 is 1.33 bits per heavy atom. The lowest BCUT2D eigenvalue weighted by Gasteiger charge is -2.06. The van der Waals surface area contributed by atoms with E-state index in [-0.39, 0.29) is 11.4 Å². The maximum absolute atomic E-state index is 13.1. The molecule has 0 fully saturated rings. The summed E-state index contributed by atoms with van der Waals surface area (Å²) in [6, 6.07) is 7.53. The van der Waals surface area contributed by atoms with Crippen LogP contribution in [0.4, 0.5) is 4.39 Å². The summed E-state index contributed by atoms with van der Waals surface area (Å²) in [6.45, 7) is 4.12. The Balaban J connectivity index is 2.45. The summed E-state index contributed by atoms with van der Waals surface area (Å²) >= 11 is 0. The highest BCUT2D eigenvalue weighted by Gasteiger charge is 2.06. The molecule has 0 atom stereocenters. The lowest BCUT2D eigenvalue weighted by Crippen LogP contribution is -2.11. The van der Waals surface area contributed by atoms with E-state index in [0.717, 1.165) is 12.1 Å². The van der Waals surface area contributed by atoms with E-state index in [1.807, 2.05) is 0 Å². The van der Waals surface area contributed by atoms with Crippen LogP contribution in [0.25, 0.3) is 11.4 Å². The smallest absolute Gasteiger partial charge is 0.251 e. The van der Waals surface area contributed by atoms with Crippen molar-refractivity contribution in [2.75, 3.05) is 0 Å². The molecule has 1 N–H and O–H groups in total. The van der Waals surface area contributed by atoms with Crippen LogP contribution in [0, 0.1) is 11.7 Å². The van der Waals surface area contributed by atoms with Crippen molar-refractivity contribution in [1.82, 2.24) is 9.97 Å². The first-order valence-corrected chi connectivity index (χ1v) is 5.91. The molecule has 0 amide bonds. The van der Waals surface area contributed by atoms with Crippen LogP contribution >= 0.6 is 0 Å². The summed E-state index contributed by atoms with van der Waals surface area (Å²) in [5.74, 6) is 0.488. The summed E-state index contributed by atoms with van der Waals surface area (Å²) in [4.78, 5) is 18.6. The molecule has 0 saturated carbocycles. The molecule has 0 radical (unpaired) electrons. The molecule has 0 spiro atoms. The number of nitrogens with zero attached hydrogens (tertiary/aromatic N) is 1. The summed E-state index contributed by atoms with van der Waals surface area (Å²) in [5, 5.41) is 0. The second-order valence-electron chi connectivity index (χ2n) is 4.69. The average molecular weight is 246 g/mol. The molecule has 1 aromatic carbocycles. The molecule has 94 valence electrons. The highest BCUT2D eigenvalue weighted by atomic mass is 19.1. The van der Waals surface area contributed by atoms with Crippen LogP contribution in [0.3, 0.4) is 0 Å². The van der Waals surface area contributed by atoms with Gasteiger partial charge in [-0.25, -0.2) is 9.37 Å². The Kier molecular flexibility index (Phi) is 3.55. The van der Waals surface area contributed by atoms with Gasteiger partial charge in [0, 0.05) is 17.3 Å². The van der Waals surface area contributed by atoms with Gasteiger partial charge in [-0.05, 0) is 24.5 Å². The van der Waals surface area contributed by atoms with Gasteiger partial charge in [0.2, 0.25) is 0 Å². The Morgan fingerprint density at radius 3 is 2.78 bits per heavy atom. The summed E-state index contributed by atoms with van der Waals surface area (Å²) in [5.41, 5.74) is 1.10. The standard InChI is InChI=1S/C14H15FN2O/c1-9(2)6-12-8-13(18)17-14(16-12)10-4-3-5-11(15)7-10/h3-5,7-9H,6H2,1-2H3,(H,16,17,18). The minimum Gasteiger partial charge on any atom is -0.307 e.